The summed E-state index contributed by atoms with van der Waals surface area (Å²) < 4.78 is 23.2. The van der Waals surface area contributed by atoms with Crippen LogP contribution in [0.25, 0.3) is 0 Å². The molecule has 1 saturated heterocycles. The summed E-state index contributed by atoms with van der Waals surface area (Å²) in [6.07, 6.45) is 0.806. The van der Waals surface area contributed by atoms with Crippen molar-refractivity contribution in [1.82, 2.24) is 0 Å². The van der Waals surface area contributed by atoms with E-state index >= 15 is 0 Å². The SMILES string of the molecule is CC[C@H](O)c1ccccc1N(C)C1CCS(=O)(=O)C1. The summed E-state index contributed by atoms with van der Waals surface area (Å²) in [5.74, 6) is 0.473. The topological polar surface area (TPSA) is 57.6 Å². The average molecular weight is 283 g/mol. The van der Waals surface area contributed by atoms with Crippen molar-refractivity contribution in [2.45, 2.75) is 31.9 Å². The molecule has 0 bridgehead atoms. The van der Waals surface area contributed by atoms with Crippen LogP contribution < -0.4 is 4.90 Å². The quantitative estimate of drug-likeness (QED) is 0.914. The van der Waals surface area contributed by atoms with Gasteiger partial charge in [-0.05, 0) is 18.9 Å². The zero-order chi connectivity index (χ0) is 14.0. The van der Waals surface area contributed by atoms with Crippen molar-refractivity contribution < 1.29 is 13.5 Å². The van der Waals surface area contributed by atoms with Crippen molar-refractivity contribution >= 4 is 15.5 Å². The molecule has 0 saturated carbocycles. The Balaban J connectivity index is 2.27. The first-order chi connectivity index (χ1) is 8.94. The molecule has 0 amide bonds. The normalized spacial score (nSPS) is 23.2. The van der Waals surface area contributed by atoms with E-state index in [4.69, 9.17) is 0 Å². The lowest BCUT2D eigenvalue weighted by atomic mass is 10.0. The number of sulfone groups is 1. The summed E-state index contributed by atoms with van der Waals surface area (Å²) in [4.78, 5) is 2.00. The molecule has 2 rings (SSSR count). The summed E-state index contributed by atoms with van der Waals surface area (Å²) in [6, 6.07) is 7.68. The van der Waals surface area contributed by atoms with Crippen LogP contribution in [0.1, 0.15) is 31.4 Å². The minimum absolute atomic E-state index is 0.00945. The van der Waals surface area contributed by atoms with Crippen LogP contribution in [0.5, 0.6) is 0 Å². The van der Waals surface area contributed by atoms with Crippen molar-refractivity contribution in [1.29, 1.82) is 0 Å². The van der Waals surface area contributed by atoms with Crippen LogP contribution >= 0.6 is 0 Å². The van der Waals surface area contributed by atoms with Crippen molar-refractivity contribution in [3.63, 3.8) is 0 Å². The van der Waals surface area contributed by atoms with Gasteiger partial charge in [-0.2, -0.15) is 0 Å². The van der Waals surface area contributed by atoms with E-state index in [9.17, 15) is 13.5 Å². The molecule has 1 aromatic rings. The van der Waals surface area contributed by atoms with Gasteiger partial charge in [0.1, 0.15) is 0 Å². The van der Waals surface area contributed by atoms with Crippen molar-refractivity contribution in [2.24, 2.45) is 0 Å². The largest absolute Gasteiger partial charge is 0.388 e. The lowest BCUT2D eigenvalue weighted by molar-refractivity contribution is 0.174. The first-order valence-corrected chi connectivity index (χ1v) is 8.47. The predicted molar refractivity (Wildman–Crippen MR) is 77.2 cm³/mol. The van der Waals surface area contributed by atoms with Crippen LogP contribution in [0.15, 0.2) is 24.3 Å². The number of aliphatic hydroxyl groups excluding tert-OH is 1. The van der Waals surface area contributed by atoms with Gasteiger partial charge in [0.2, 0.25) is 0 Å². The highest BCUT2D eigenvalue weighted by Crippen LogP contribution is 2.30. The maximum absolute atomic E-state index is 11.6. The molecule has 4 nitrogen and oxygen atoms in total. The van der Waals surface area contributed by atoms with E-state index in [1.807, 2.05) is 43.1 Å². The summed E-state index contributed by atoms with van der Waals surface area (Å²) in [7, 11) is -0.982. The Bertz CT molecular complexity index is 541. The number of para-hydroxylation sites is 1. The fraction of sp³-hybridized carbons (Fsp3) is 0.571. The molecular formula is C14H21NO3S. The summed E-state index contributed by atoms with van der Waals surface area (Å²) in [6.45, 7) is 1.93. The van der Waals surface area contributed by atoms with Gasteiger partial charge in [-0.15, -0.1) is 0 Å². The number of benzene rings is 1. The Labute approximate surface area is 115 Å². The summed E-state index contributed by atoms with van der Waals surface area (Å²) >= 11 is 0. The number of anilines is 1. The first kappa shape index (κ1) is 14.3. The number of hydrogen-bond donors (Lipinski definition) is 1. The third-order valence-electron chi connectivity index (χ3n) is 3.82. The Morgan fingerprint density at radius 3 is 2.68 bits per heavy atom. The first-order valence-electron chi connectivity index (χ1n) is 6.65. The minimum Gasteiger partial charge on any atom is -0.388 e. The third kappa shape index (κ3) is 3.09. The molecule has 1 aliphatic heterocycles. The van der Waals surface area contributed by atoms with E-state index in [-0.39, 0.29) is 17.5 Å². The second-order valence-electron chi connectivity index (χ2n) is 5.15. The lowest BCUT2D eigenvalue weighted by Crippen LogP contribution is -2.33. The highest BCUT2D eigenvalue weighted by molar-refractivity contribution is 7.91. The zero-order valence-corrected chi connectivity index (χ0v) is 12.2. The van der Waals surface area contributed by atoms with E-state index in [0.29, 0.717) is 12.8 Å². The Morgan fingerprint density at radius 2 is 2.11 bits per heavy atom. The van der Waals surface area contributed by atoms with Gasteiger partial charge in [-0.25, -0.2) is 8.42 Å². The molecule has 0 radical (unpaired) electrons. The molecule has 19 heavy (non-hydrogen) atoms. The molecule has 0 aromatic heterocycles. The maximum Gasteiger partial charge on any atom is 0.152 e. The zero-order valence-electron chi connectivity index (χ0n) is 11.4. The van der Waals surface area contributed by atoms with Gasteiger partial charge in [0.25, 0.3) is 0 Å². The van der Waals surface area contributed by atoms with Crippen LogP contribution in [0.3, 0.4) is 0 Å². The predicted octanol–water partition coefficient (Wildman–Crippen LogP) is 1.75. The standard InChI is InChI=1S/C14H21NO3S/c1-3-14(16)12-6-4-5-7-13(12)15(2)11-8-9-19(17,18)10-11/h4-7,11,14,16H,3,8-10H2,1-2H3/t11?,14-/m0/s1. The Morgan fingerprint density at radius 1 is 1.42 bits per heavy atom. The van der Waals surface area contributed by atoms with Gasteiger partial charge in [0.15, 0.2) is 9.84 Å². The fourth-order valence-electron chi connectivity index (χ4n) is 2.59. The van der Waals surface area contributed by atoms with Gasteiger partial charge in [0, 0.05) is 24.3 Å². The molecule has 106 valence electrons. The van der Waals surface area contributed by atoms with Crippen molar-refractivity contribution in [3.05, 3.63) is 29.8 Å². The maximum atomic E-state index is 11.6. The molecular weight excluding hydrogens is 262 g/mol. The molecule has 0 aliphatic carbocycles. The van der Waals surface area contributed by atoms with Crippen LogP contribution in [0.4, 0.5) is 5.69 Å². The second kappa shape index (κ2) is 5.51. The Kier molecular flexibility index (Phi) is 4.16. The van der Waals surface area contributed by atoms with Crippen molar-refractivity contribution in [2.75, 3.05) is 23.5 Å². The summed E-state index contributed by atoms with van der Waals surface area (Å²) in [5.41, 5.74) is 1.80. The number of hydrogen-bond acceptors (Lipinski definition) is 4. The number of nitrogens with zero attached hydrogens (tertiary/aromatic N) is 1. The van der Waals surface area contributed by atoms with Crippen LogP contribution in [-0.2, 0) is 9.84 Å². The van der Waals surface area contributed by atoms with Gasteiger partial charge < -0.3 is 10.0 Å². The smallest absolute Gasteiger partial charge is 0.152 e. The molecule has 1 unspecified atom stereocenters. The minimum atomic E-state index is -2.89. The second-order valence-corrected chi connectivity index (χ2v) is 7.38. The third-order valence-corrected chi connectivity index (χ3v) is 5.57. The number of rotatable bonds is 4. The molecule has 5 heteroatoms. The number of aliphatic hydroxyl groups is 1. The average Bonchev–Trinajstić information content (AvgIpc) is 2.77. The molecule has 1 N–H and O–H groups in total. The Hall–Kier alpha value is -1.07. The highest BCUT2D eigenvalue weighted by atomic mass is 32.2. The van der Waals surface area contributed by atoms with E-state index < -0.39 is 15.9 Å². The van der Waals surface area contributed by atoms with Crippen LogP contribution in [-0.4, -0.2) is 38.1 Å². The van der Waals surface area contributed by atoms with Gasteiger partial charge in [-0.1, -0.05) is 25.1 Å². The molecule has 1 aliphatic rings. The van der Waals surface area contributed by atoms with E-state index in [1.165, 1.54) is 0 Å². The van der Waals surface area contributed by atoms with Crippen LogP contribution in [0, 0.1) is 0 Å². The van der Waals surface area contributed by atoms with E-state index in [1.54, 1.807) is 0 Å². The van der Waals surface area contributed by atoms with Crippen molar-refractivity contribution in [3.8, 4) is 0 Å². The van der Waals surface area contributed by atoms with Gasteiger partial charge in [-0.3, -0.25) is 0 Å². The fourth-order valence-corrected chi connectivity index (χ4v) is 4.36. The summed E-state index contributed by atoms with van der Waals surface area (Å²) in [5, 5.41) is 10.1. The van der Waals surface area contributed by atoms with Gasteiger partial charge >= 0.3 is 0 Å². The molecule has 1 heterocycles. The highest BCUT2D eigenvalue weighted by Gasteiger charge is 2.31. The monoisotopic (exact) mass is 283 g/mol. The molecule has 2 atom stereocenters. The van der Waals surface area contributed by atoms with Crippen LogP contribution in [0.2, 0.25) is 0 Å². The molecule has 1 aromatic carbocycles. The van der Waals surface area contributed by atoms with Gasteiger partial charge in [0.05, 0.1) is 17.6 Å². The van der Waals surface area contributed by atoms with E-state index in [0.717, 1.165) is 11.3 Å². The molecule has 1 fully saturated rings. The molecule has 0 spiro atoms. The van der Waals surface area contributed by atoms with E-state index in [2.05, 4.69) is 0 Å². The lowest BCUT2D eigenvalue weighted by Gasteiger charge is -2.29.